The smallest absolute Gasteiger partial charge is 0.409 e. The lowest BCUT2D eigenvalue weighted by Crippen LogP contribution is -2.09. The summed E-state index contributed by atoms with van der Waals surface area (Å²) in [6.07, 6.45) is -1.18. The summed E-state index contributed by atoms with van der Waals surface area (Å²) in [5.74, 6) is 1.17. The summed E-state index contributed by atoms with van der Waals surface area (Å²) in [5.41, 5.74) is 3.68. The van der Waals surface area contributed by atoms with E-state index in [4.69, 9.17) is 18.9 Å². The largest absolute Gasteiger partial charge is 0.496 e. The number of carbonyl (C=O) groups is 1. The number of aromatic nitrogens is 2. The van der Waals surface area contributed by atoms with Crippen LogP contribution in [0.15, 0.2) is 30.3 Å². The lowest BCUT2D eigenvalue weighted by atomic mass is 10.0. The lowest BCUT2D eigenvalue weighted by Gasteiger charge is -2.16. The fraction of sp³-hybridized carbons (Fsp3) is 0.300. The maximum atomic E-state index is 11.3. The Hall–Kier alpha value is -3.30. The molecule has 0 atom stereocenters. The first kappa shape index (κ1) is 20.4. The zero-order chi connectivity index (χ0) is 21.0. The Morgan fingerprint density at radius 1 is 1.07 bits per heavy atom. The summed E-state index contributed by atoms with van der Waals surface area (Å²) in [6, 6.07) is 9.20. The molecule has 9 heteroatoms. The predicted octanol–water partition coefficient (Wildman–Crippen LogP) is 3.40. The minimum Gasteiger partial charge on any atom is -0.496 e. The molecule has 0 aliphatic rings. The van der Waals surface area contributed by atoms with Crippen molar-refractivity contribution in [3.8, 4) is 22.8 Å². The van der Waals surface area contributed by atoms with E-state index in [9.17, 15) is 9.90 Å². The highest BCUT2D eigenvalue weighted by molar-refractivity contribution is 5.92. The summed E-state index contributed by atoms with van der Waals surface area (Å²) in [7, 11) is 6.29. The summed E-state index contributed by atoms with van der Waals surface area (Å²) in [6.45, 7) is 0.557. The highest BCUT2D eigenvalue weighted by atomic mass is 16.5. The molecule has 9 nitrogen and oxygen atoms in total. The van der Waals surface area contributed by atoms with Crippen LogP contribution in [0.3, 0.4) is 0 Å². The lowest BCUT2D eigenvalue weighted by molar-refractivity contribution is 0.181. The highest BCUT2D eigenvalue weighted by Gasteiger charge is 2.21. The molecule has 2 aromatic heterocycles. The predicted molar refractivity (Wildman–Crippen MR) is 107 cm³/mol. The number of ether oxygens (including phenoxy) is 4. The minimum absolute atomic E-state index is 0.151. The molecule has 1 amide bonds. The van der Waals surface area contributed by atoms with Gasteiger partial charge in [-0.05, 0) is 29.8 Å². The number of fused-ring (bicyclic) bond motifs is 1. The van der Waals surface area contributed by atoms with Crippen molar-refractivity contribution in [2.75, 3.05) is 33.8 Å². The molecule has 29 heavy (non-hydrogen) atoms. The van der Waals surface area contributed by atoms with Crippen LogP contribution >= 0.6 is 0 Å². The number of hydrogen-bond acceptors (Lipinski definition) is 6. The maximum absolute atomic E-state index is 11.3. The molecule has 0 spiro atoms. The molecule has 154 valence electrons. The van der Waals surface area contributed by atoms with Gasteiger partial charge >= 0.3 is 6.09 Å². The van der Waals surface area contributed by atoms with Gasteiger partial charge in [0.2, 0.25) is 0 Å². The highest BCUT2D eigenvalue weighted by Crippen LogP contribution is 2.40. The molecule has 0 bridgehead atoms. The van der Waals surface area contributed by atoms with Gasteiger partial charge in [-0.2, -0.15) is 5.10 Å². The van der Waals surface area contributed by atoms with Gasteiger partial charge in [-0.1, -0.05) is 6.07 Å². The molecule has 1 aromatic carbocycles. The first-order valence-corrected chi connectivity index (χ1v) is 8.77. The van der Waals surface area contributed by atoms with Crippen LogP contribution in [0.25, 0.3) is 16.8 Å². The van der Waals surface area contributed by atoms with E-state index in [1.165, 1.54) is 7.11 Å². The second-order valence-corrected chi connectivity index (χ2v) is 6.20. The van der Waals surface area contributed by atoms with Crippen molar-refractivity contribution in [3.05, 3.63) is 41.6 Å². The van der Waals surface area contributed by atoms with Crippen LogP contribution in [-0.4, -0.2) is 49.3 Å². The van der Waals surface area contributed by atoms with E-state index >= 15 is 0 Å². The number of rotatable bonds is 8. The Morgan fingerprint density at radius 3 is 2.28 bits per heavy atom. The zero-order valence-electron chi connectivity index (χ0n) is 16.7. The van der Waals surface area contributed by atoms with Gasteiger partial charge in [-0.15, -0.1) is 0 Å². The minimum atomic E-state index is -1.18. The fourth-order valence-electron chi connectivity index (χ4n) is 3.26. The number of amides is 1. The van der Waals surface area contributed by atoms with Crippen LogP contribution in [0.2, 0.25) is 0 Å². The number of benzene rings is 1. The molecule has 0 unspecified atom stereocenters. The molecule has 0 aliphatic heterocycles. The SMILES string of the molecule is COCc1cc(OC)c(-c2cccc3c(NC(=O)O)c(COC)nn23)c(OC)c1. The summed E-state index contributed by atoms with van der Waals surface area (Å²) < 4.78 is 23.3. The normalized spacial score (nSPS) is 10.9. The number of hydrogen-bond donors (Lipinski definition) is 2. The third-order valence-electron chi connectivity index (χ3n) is 4.38. The monoisotopic (exact) mass is 401 g/mol. The topological polar surface area (TPSA) is 104 Å². The average molecular weight is 401 g/mol. The van der Waals surface area contributed by atoms with Crippen molar-refractivity contribution >= 4 is 17.3 Å². The van der Waals surface area contributed by atoms with Crippen LogP contribution in [0.4, 0.5) is 10.5 Å². The van der Waals surface area contributed by atoms with Gasteiger partial charge in [-0.3, -0.25) is 5.32 Å². The first-order valence-electron chi connectivity index (χ1n) is 8.77. The molecule has 0 radical (unpaired) electrons. The maximum Gasteiger partial charge on any atom is 0.409 e. The van der Waals surface area contributed by atoms with Crippen LogP contribution in [0.5, 0.6) is 11.5 Å². The van der Waals surface area contributed by atoms with Crippen molar-refractivity contribution in [2.45, 2.75) is 13.2 Å². The van der Waals surface area contributed by atoms with Gasteiger partial charge in [0.1, 0.15) is 17.2 Å². The van der Waals surface area contributed by atoms with Gasteiger partial charge in [0.05, 0.1) is 49.9 Å². The molecule has 3 rings (SSSR count). The van der Waals surface area contributed by atoms with Crippen LogP contribution in [-0.2, 0) is 22.7 Å². The van der Waals surface area contributed by atoms with Gasteiger partial charge in [-0.25, -0.2) is 9.31 Å². The number of pyridine rings is 1. The van der Waals surface area contributed by atoms with Gasteiger partial charge in [0.25, 0.3) is 0 Å². The van der Waals surface area contributed by atoms with Gasteiger partial charge in [0.15, 0.2) is 0 Å². The Morgan fingerprint density at radius 2 is 1.72 bits per heavy atom. The summed E-state index contributed by atoms with van der Waals surface area (Å²) >= 11 is 0. The molecule has 0 saturated carbocycles. The second kappa shape index (κ2) is 8.80. The van der Waals surface area contributed by atoms with E-state index < -0.39 is 6.09 Å². The summed E-state index contributed by atoms with van der Waals surface area (Å²) in [5, 5.41) is 16.2. The number of carboxylic acid groups (broad SMARTS) is 1. The molecule has 2 N–H and O–H groups in total. The van der Waals surface area contributed by atoms with Crippen molar-refractivity contribution < 1.29 is 28.8 Å². The molecular weight excluding hydrogens is 378 g/mol. The van der Waals surface area contributed by atoms with E-state index in [1.807, 2.05) is 24.3 Å². The van der Waals surface area contributed by atoms with Gasteiger partial charge < -0.3 is 24.1 Å². The van der Waals surface area contributed by atoms with E-state index in [-0.39, 0.29) is 6.61 Å². The number of methoxy groups -OCH3 is 4. The molecule has 0 aliphatic carbocycles. The van der Waals surface area contributed by atoms with E-state index in [0.29, 0.717) is 46.3 Å². The van der Waals surface area contributed by atoms with Crippen LogP contribution < -0.4 is 14.8 Å². The summed E-state index contributed by atoms with van der Waals surface area (Å²) in [4.78, 5) is 11.3. The van der Waals surface area contributed by atoms with E-state index in [0.717, 1.165) is 5.56 Å². The quantitative estimate of drug-likeness (QED) is 0.596. The Kier molecular flexibility index (Phi) is 6.20. The first-order chi connectivity index (χ1) is 14.0. The molecule has 0 saturated heterocycles. The Labute approximate surface area is 167 Å². The molecule has 2 heterocycles. The zero-order valence-corrected chi connectivity index (χ0v) is 16.7. The van der Waals surface area contributed by atoms with Crippen molar-refractivity contribution in [3.63, 3.8) is 0 Å². The molecular formula is C20H23N3O6. The second-order valence-electron chi connectivity index (χ2n) is 6.20. The van der Waals surface area contributed by atoms with Crippen molar-refractivity contribution in [2.24, 2.45) is 0 Å². The van der Waals surface area contributed by atoms with E-state index in [1.54, 1.807) is 31.9 Å². The van der Waals surface area contributed by atoms with Crippen molar-refractivity contribution in [1.82, 2.24) is 9.61 Å². The van der Waals surface area contributed by atoms with Crippen molar-refractivity contribution in [1.29, 1.82) is 0 Å². The molecule has 3 aromatic rings. The third-order valence-corrected chi connectivity index (χ3v) is 4.38. The van der Waals surface area contributed by atoms with Crippen LogP contribution in [0.1, 0.15) is 11.3 Å². The fourth-order valence-corrected chi connectivity index (χ4v) is 3.26. The number of anilines is 1. The third kappa shape index (κ3) is 3.96. The van der Waals surface area contributed by atoms with Gasteiger partial charge in [0, 0.05) is 14.2 Å². The van der Waals surface area contributed by atoms with Crippen LogP contribution in [0, 0.1) is 0 Å². The number of nitrogens with zero attached hydrogens (tertiary/aromatic N) is 2. The molecule has 0 fully saturated rings. The van der Waals surface area contributed by atoms with E-state index in [2.05, 4.69) is 10.4 Å². The number of nitrogens with one attached hydrogen (secondary N) is 1. The Balaban J connectivity index is 2.29. The standard InChI is InChI=1S/C20H23N3O6/c1-26-10-12-8-16(28-3)18(17(9-12)29-4)14-6-5-7-15-19(21-20(24)25)13(11-27-2)22-23(14)15/h5-9,21H,10-11H2,1-4H3,(H,24,25). The average Bonchev–Trinajstić information content (AvgIpc) is 3.04. The Bertz CT molecular complexity index is 1010.